The van der Waals surface area contributed by atoms with Crippen LogP contribution in [-0.2, 0) is 0 Å². The van der Waals surface area contributed by atoms with Gasteiger partial charge in [-0.1, -0.05) is 33.6 Å². The van der Waals surface area contributed by atoms with Gasteiger partial charge >= 0.3 is 0 Å². The highest BCUT2D eigenvalue weighted by Gasteiger charge is 1.97. The van der Waals surface area contributed by atoms with Crippen molar-refractivity contribution in [3.63, 3.8) is 0 Å². The van der Waals surface area contributed by atoms with Gasteiger partial charge in [-0.05, 0) is 12.2 Å². The minimum atomic E-state index is 0.884. The Morgan fingerprint density at radius 1 is 1.33 bits per heavy atom. The van der Waals surface area contributed by atoms with E-state index in [4.69, 9.17) is 0 Å². The Kier molecular flexibility index (Phi) is 6.72. The molecule has 0 N–H and O–H groups in total. The maximum atomic E-state index is 2.32. The summed E-state index contributed by atoms with van der Waals surface area (Å²) in [4.78, 5) is 0. The average Bonchev–Trinajstić information content (AvgIpc) is 1.85. The van der Waals surface area contributed by atoms with Crippen LogP contribution < -0.4 is 0 Å². The molecule has 0 nitrogen and oxygen atoms in total. The molecule has 0 rings (SSSR count). The van der Waals surface area contributed by atoms with Gasteiger partial charge in [-0.25, -0.2) is 0 Å². The maximum Gasteiger partial charge on any atom is 0.00186 e. The molecule has 0 aromatic heterocycles. The second kappa shape index (κ2) is 6.47. The molecule has 0 heterocycles. The summed E-state index contributed by atoms with van der Waals surface area (Å²) < 4.78 is 0. The van der Waals surface area contributed by atoms with Crippen molar-refractivity contribution in [2.24, 2.45) is 0 Å². The Labute approximate surface area is 63.4 Å². The summed E-state index contributed by atoms with van der Waals surface area (Å²) >= 11 is 2.07. The van der Waals surface area contributed by atoms with E-state index < -0.39 is 0 Å². The van der Waals surface area contributed by atoms with E-state index >= 15 is 0 Å². The lowest BCUT2D eigenvalue weighted by atomic mass is 10.2. The number of thioether (sulfide) groups is 1. The van der Waals surface area contributed by atoms with Gasteiger partial charge in [0.15, 0.2) is 0 Å². The molecule has 0 aromatic carbocycles. The minimum Gasteiger partial charge on any atom is -0.159 e. The van der Waals surface area contributed by atoms with Crippen LogP contribution in [0.5, 0.6) is 0 Å². The SMILES string of the molecule is CCCCC(C)SCC. The summed E-state index contributed by atoms with van der Waals surface area (Å²) in [5.41, 5.74) is 0. The van der Waals surface area contributed by atoms with Gasteiger partial charge in [0, 0.05) is 5.25 Å². The van der Waals surface area contributed by atoms with Crippen molar-refractivity contribution < 1.29 is 0 Å². The van der Waals surface area contributed by atoms with E-state index in [0.717, 1.165) is 5.25 Å². The molecule has 0 amide bonds. The maximum absolute atomic E-state index is 2.32. The third kappa shape index (κ3) is 6.23. The molecule has 0 aliphatic carbocycles. The van der Waals surface area contributed by atoms with Crippen LogP contribution in [0.25, 0.3) is 0 Å². The van der Waals surface area contributed by atoms with Crippen LogP contribution in [0.4, 0.5) is 0 Å². The lowest BCUT2D eigenvalue weighted by Crippen LogP contribution is -1.95. The second-order valence-corrected chi connectivity index (χ2v) is 4.12. The minimum absolute atomic E-state index is 0.884. The van der Waals surface area contributed by atoms with Crippen molar-refractivity contribution >= 4 is 11.8 Å². The van der Waals surface area contributed by atoms with Crippen molar-refractivity contribution in [2.75, 3.05) is 5.75 Å². The Morgan fingerprint density at radius 3 is 2.44 bits per heavy atom. The molecule has 0 saturated carbocycles. The molecule has 0 aliphatic heterocycles. The molecule has 0 fully saturated rings. The number of hydrogen-bond acceptors (Lipinski definition) is 1. The Bertz CT molecular complexity index is 52.5. The van der Waals surface area contributed by atoms with Crippen LogP contribution in [0.2, 0.25) is 0 Å². The van der Waals surface area contributed by atoms with Gasteiger partial charge in [0.25, 0.3) is 0 Å². The average molecular weight is 146 g/mol. The lowest BCUT2D eigenvalue weighted by molar-refractivity contribution is 0.713. The highest BCUT2D eigenvalue weighted by atomic mass is 32.2. The van der Waals surface area contributed by atoms with Gasteiger partial charge in [-0.2, -0.15) is 11.8 Å². The van der Waals surface area contributed by atoms with Gasteiger partial charge in [-0.3, -0.25) is 0 Å². The molecule has 0 aromatic rings. The molecule has 9 heavy (non-hydrogen) atoms. The topological polar surface area (TPSA) is 0 Å². The fourth-order valence-corrected chi connectivity index (χ4v) is 1.76. The molecule has 0 bridgehead atoms. The van der Waals surface area contributed by atoms with Crippen molar-refractivity contribution in [3.05, 3.63) is 0 Å². The molecule has 0 radical (unpaired) electrons. The van der Waals surface area contributed by atoms with Crippen molar-refractivity contribution in [1.82, 2.24) is 0 Å². The Balaban J connectivity index is 2.95. The molecule has 0 spiro atoms. The molecule has 1 atom stereocenters. The second-order valence-electron chi connectivity index (χ2n) is 2.41. The lowest BCUT2D eigenvalue weighted by Gasteiger charge is -2.06. The van der Waals surface area contributed by atoms with Crippen molar-refractivity contribution in [3.8, 4) is 0 Å². The monoisotopic (exact) mass is 146 g/mol. The molecule has 0 aliphatic rings. The van der Waals surface area contributed by atoms with E-state index in [2.05, 4.69) is 32.5 Å². The number of rotatable bonds is 5. The van der Waals surface area contributed by atoms with Crippen LogP contribution >= 0.6 is 11.8 Å². The zero-order valence-corrected chi connectivity index (χ0v) is 7.63. The summed E-state index contributed by atoms with van der Waals surface area (Å²) in [6.45, 7) is 6.81. The van der Waals surface area contributed by atoms with Crippen LogP contribution in [0.15, 0.2) is 0 Å². The van der Waals surface area contributed by atoms with Crippen molar-refractivity contribution in [1.29, 1.82) is 0 Å². The molecular weight excluding hydrogens is 128 g/mol. The largest absolute Gasteiger partial charge is 0.159 e. The predicted octanol–water partition coefficient (Wildman–Crippen LogP) is 3.32. The first-order valence-electron chi connectivity index (χ1n) is 3.92. The number of unbranched alkanes of at least 4 members (excludes halogenated alkanes) is 1. The third-order valence-electron chi connectivity index (χ3n) is 1.42. The van der Waals surface area contributed by atoms with Gasteiger partial charge in [-0.15, -0.1) is 0 Å². The van der Waals surface area contributed by atoms with E-state index in [1.165, 1.54) is 25.0 Å². The van der Waals surface area contributed by atoms with Gasteiger partial charge in [0.1, 0.15) is 0 Å². The van der Waals surface area contributed by atoms with Gasteiger partial charge in [0.2, 0.25) is 0 Å². The molecule has 56 valence electrons. The molecule has 1 heteroatoms. The van der Waals surface area contributed by atoms with Crippen LogP contribution in [0, 0.1) is 0 Å². The highest BCUT2D eigenvalue weighted by molar-refractivity contribution is 7.99. The van der Waals surface area contributed by atoms with Gasteiger partial charge < -0.3 is 0 Å². The molecular formula is C8H18S. The summed E-state index contributed by atoms with van der Waals surface area (Å²) in [5, 5.41) is 0.884. The first-order chi connectivity index (χ1) is 4.31. The Morgan fingerprint density at radius 2 is 2.00 bits per heavy atom. The smallest absolute Gasteiger partial charge is 0.00186 e. The summed E-state index contributed by atoms with van der Waals surface area (Å²) in [6, 6.07) is 0. The van der Waals surface area contributed by atoms with Crippen LogP contribution in [-0.4, -0.2) is 11.0 Å². The van der Waals surface area contributed by atoms with E-state index in [-0.39, 0.29) is 0 Å². The van der Waals surface area contributed by atoms with Crippen LogP contribution in [0.3, 0.4) is 0 Å². The van der Waals surface area contributed by atoms with E-state index in [0.29, 0.717) is 0 Å². The third-order valence-corrected chi connectivity index (χ3v) is 2.55. The van der Waals surface area contributed by atoms with E-state index in [9.17, 15) is 0 Å². The summed E-state index contributed by atoms with van der Waals surface area (Å²) in [7, 11) is 0. The van der Waals surface area contributed by atoms with E-state index in [1.54, 1.807) is 0 Å². The first kappa shape index (κ1) is 9.35. The molecule has 1 unspecified atom stereocenters. The van der Waals surface area contributed by atoms with E-state index in [1.807, 2.05) is 0 Å². The van der Waals surface area contributed by atoms with Crippen molar-refractivity contribution in [2.45, 2.75) is 45.3 Å². The highest BCUT2D eigenvalue weighted by Crippen LogP contribution is 2.15. The normalized spacial score (nSPS) is 13.7. The number of hydrogen-bond donors (Lipinski definition) is 0. The van der Waals surface area contributed by atoms with Crippen LogP contribution in [0.1, 0.15) is 40.0 Å². The zero-order valence-electron chi connectivity index (χ0n) is 6.81. The fraction of sp³-hybridized carbons (Fsp3) is 1.00. The Hall–Kier alpha value is 0.350. The van der Waals surface area contributed by atoms with Gasteiger partial charge in [0.05, 0.1) is 0 Å². The quantitative estimate of drug-likeness (QED) is 0.573. The first-order valence-corrected chi connectivity index (χ1v) is 4.97. The summed E-state index contributed by atoms with van der Waals surface area (Å²) in [5.74, 6) is 1.27. The standard InChI is InChI=1S/C8H18S/c1-4-6-7-8(3)9-5-2/h8H,4-7H2,1-3H3. The predicted molar refractivity (Wildman–Crippen MR) is 47.1 cm³/mol. The fourth-order valence-electron chi connectivity index (χ4n) is 0.859. The summed E-state index contributed by atoms with van der Waals surface area (Å²) in [6.07, 6.45) is 4.14. The zero-order chi connectivity index (χ0) is 7.11. The molecule has 0 saturated heterocycles.